The SMILES string of the molecule is CC(C)(C)OC(=O)N1C[C@@H](Oc2cc(F)ccc2N)[C@H](O[Si](C)(C)C(C)(C)C)C1. The third-order valence-electron chi connectivity index (χ3n) is 5.37. The molecule has 2 N–H and O–H groups in total. The molecule has 1 aliphatic rings. The van der Waals surface area contributed by atoms with Crippen molar-refractivity contribution in [2.45, 2.75) is 77.5 Å². The van der Waals surface area contributed by atoms with Crippen LogP contribution < -0.4 is 10.5 Å². The summed E-state index contributed by atoms with van der Waals surface area (Å²) >= 11 is 0. The number of benzene rings is 1. The summed E-state index contributed by atoms with van der Waals surface area (Å²) in [5.74, 6) is -0.178. The Labute approximate surface area is 174 Å². The lowest BCUT2D eigenvalue weighted by atomic mass is 10.2. The average molecular weight is 427 g/mol. The molecule has 1 aromatic carbocycles. The van der Waals surface area contributed by atoms with Gasteiger partial charge in [0.05, 0.1) is 18.8 Å². The summed E-state index contributed by atoms with van der Waals surface area (Å²) in [6, 6.07) is 4.01. The predicted molar refractivity (Wildman–Crippen MR) is 115 cm³/mol. The molecule has 29 heavy (non-hydrogen) atoms. The Balaban J connectivity index is 2.25. The average Bonchev–Trinajstić information content (AvgIpc) is 2.90. The van der Waals surface area contributed by atoms with E-state index in [0.29, 0.717) is 12.2 Å². The van der Waals surface area contributed by atoms with Gasteiger partial charge in [-0.15, -0.1) is 0 Å². The van der Waals surface area contributed by atoms with E-state index in [1.807, 2.05) is 20.8 Å². The zero-order valence-electron chi connectivity index (χ0n) is 18.8. The highest BCUT2D eigenvalue weighted by atomic mass is 28.4. The predicted octanol–water partition coefficient (Wildman–Crippen LogP) is 4.80. The fourth-order valence-corrected chi connectivity index (χ4v) is 4.11. The zero-order valence-corrected chi connectivity index (χ0v) is 19.8. The number of ether oxygens (including phenoxy) is 2. The first kappa shape index (κ1) is 23.5. The van der Waals surface area contributed by atoms with Gasteiger partial charge in [0.2, 0.25) is 0 Å². The smallest absolute Gasteiger partial charge is 0.410 e. The van der Waals surface area contributed by atoms with E-state index in [1.54, 1.807) is 4.90 Å². The van der Waals surface area contributed by atoms with Crippen LogP contribution in [0.4, 0.5) is 14.9 Å². The first-order valence-electron chi connectivity index (χ1n) is 9.96. The van der Waals surface area contributed by atoms with Crippen LogP contribution in [0, 0.1) is 5.82 Å². The second-order valence-corrected chi connectivity index (χ2v) is 14.9. The standard InChI is InChI=1S/C21H35FN2O4Si/c1-20(2,3)27-19(25)24-12-17(26-16-11-14(22)9-10-15(16)23)18(13-24)28-29(7,8)21(4,5)6/h9-11,17-18H,12-13,23H2,1-8H3/t17-,18-/m1/s1. The van der Waals surface area contributed by atoms with Crippen molar-refractivity contribution in [2.24, 2.45) is 0 Å². The Kier molecular flexibility index (Phi) is 6.59. The maximum atomic E-state index is 13.7. The molecule has 164 valence electrons. The molecule has 1 aliphatic heterocycles. The minimum atomic E-state index is -2.13. The lowest BCUT2D eigenvalue weighted by molar-refractivity contribution is 0.0270. The van der Waals surface area contributed by atoms with Crippen LogP contribution >= 0.6 is 0 Å². The molecule has 1 amide bonds. The molecule has 0 spiro atoms. The number of carbonyl (C=O) groups excluding carboxylic acids is 1. The van der Waals surface area contributed by atoms with Crippen LogP contribution in [0.1, 0.15) is 41.5 Å². The summed E-state index contributed by atoms with van der Waals surface area (Å²) in [5, 5.41) is -0.00519. The van der Waals surface area contributed by atoms with E-state index in [2.05, 4.69) is 33.9 Å². The molecule has 1 saturated heterocycles. The number of anilines is 1. The highest BCUT2D eigenvalue weighted by Crippen LogP contribution is 2.39. The van der Waals surface area contributed by atoms with E-state index in [9.17, 15) is 9.18 Å². The van der Waals surface area contributed by atoms with Gasteiger partial charge in [-0.05, 0) is 51.0 Å². The van der Waals surface area contributed by atoms with Crippen LogP contribution in [-0.4, -0.2) is 50.2 Å². The highest BCUT2D eigenvalue weighted by Gasteiger charge is 2.46. The Bertz CT molecular complexity index is 743. The number of hydrogen-bond donors (Lipinski definition) is 1. The highest BCUT2D eigenvalue weighted by molar-refractivity contribution is 6.74. The second kappa shape index (κ2) is 8.14. The minimum absolute atomic E-state index is 0.00519. The van der Waals surface area contributed by atoms with Gasteiger partial charge in [0.15, 0.2) is 8.32 Å². The molecule has 1 fully saturated rings. The Morgan fingerprint density at radius 1 is 1.14 bits per heavy atom. The molecule has 8 heteroatoms. The number of carbonyl (C=O) groups is 1. The van der Waals surface area contributed by atoms with Gasteiger partial charge < -0.3 is 24.5 Å². The Morgan fingerprint density at radius 3 is 2.28 bits per heavy atom. The summed E-state index contributed by atoms with van der Waals surface area (Å²) < 4.78 is 31.8. The maximum Gasteiger partial charge on any atom is 0.410 e. The Hall–Kier alpha value is -1.80. The van der Waals surface area contributed by atoms with Crippen LogP contribution in [0.25, 0.3) is 0 Å². The number of nitrogens with two attached hydrogens (primary N) is 1. The topological polar surface area (TPSA) is 74.0 Å². The van der Waals surface area contributed by atoms with Crippen molar-refractivity contribution in [3.05, 3.63) is 24.0 Å². The van der Waals surface area contributed by atoms with Crippen molar-refractivity contribution in [1.82, 2.24) is 4.90 Å². The fraction of sp³-hybridized carbons (Fsp3) is 0.667. The first-order chi connectivity index (χ1) is 13.1. The van der Waals surface area contributed by atoms with Crippen LogP contribution in [0.2, 0.25) is 18.1 Å². The molecule has 1 heterocycles. The first-order valence-corrected chi connectivity index (χ1v) is 12.9. The van der Waals surface area contributed by atoms with Crippen LogP contribution in [0.3, 0.4) is 0 Å². The molecule has 1 aromatic rings. The van der Waals surface area contributed by atoms with Gasteiger partial charge in [-0.2, -0.15) is 0 Å². The lowest BCUT2D eigenvalue weighted by Gasteiger charge is -2.39. The van der Waals surface area contributed by atoms with Crippen molar-refractivity contribution in [3.8, 4) is 5.75 Å². The minimum Gasteiger partial charge on any atom is -0.484 e. The van der Waals surface area contributed by atoms with E-state index in [0.717, 1.165) is 0 Å². The number of nitrogen functional groups attached to an aromatic ring is 1. The van der Waals surface area contributed by atoms with Crippen molar-refractivity contribution in [1.29, 1.82) is 0 Å². The summed E-state index contributed by atoms with van der Waals surface area (Å²) in [6.45, 7) is 16.9. The fourth-order valence-electron chi connectivity index (χ4n) is 2.77. The zero-order chi connectivity index (χ0) is 22.2. The molecule has 0 bridgehead atoms. The summed E-state index contributed by atoms with van der Waals surface area (Å²) in [6.07, 6.45) is -1.24. The van der Waals surface area contributed by atoms with Crippen molar-refractivity contribution >= 4 is 20.1 Å². The number of halogens is 1. The van der Waals surface area contributed by atoms with Gasteiger partial charge in [-0.1, -0.05) is 20.8 Å². The van der Waals surface area contributed by atoms with E-state index >= 15 is 0 Å². The number of likely N-dealkylation sites (tertiary alicyclic amines) is 1. The van der Waals surface area contributed by atoms with Crippen LogP contribution in [0.5, 0.6) is 5.75 Å². The van der Waals surface area contributed by atoms with E-state index in [4.69, 9.17) is 19.6 Å². The normalized spacial score (nSPS) is 20.7. The van der Waals surface area contributed by atoms with Gasteiger partial charge in [0, 0.05) is 6.07 Å². The van der Waals surface area contributed by atoms with Crippen molar-refractivity contribution < 1.29 is 23.1 Å². The molecule has 0 saturated carbocycles. The van der Waals surface area contributed by atoms with Gasteiger partial charge in [-0.25, -0.2) is 9.18 Å². The number of nitrogens with zero attached hydrogens (tertiary/aromatic N) is 1. The van der Waals surface area contributed by atoms with Gasteiger partial charge in [0.25, 0.3) is 0 Å². The molecule has 0 unspecified atom stereocenters. The second-order valence-electron chi connectivity index (χ2n) is 10.1. The number of hydrogen-bond acceptors (Lipinski definition) is 5. The van der Waals surface area contributed by atoms with Gasteiger partial charge >= 0.3 is 6.09 Å². The molecular formula is C21H35FN2O4Si. The molecule has 0 radical (unpaired) electrons. The summed E-state index contributed by atoms with van der Waals surface area (Å²) in [7, 11) is -2.13. The number of rotatable bonds is 4. The molecule has 0 aliphatic carbocycles. The lowest BCUT2D eigenvalue weighted by Crippen LogP contribution is -2.48. The van der Waals surface area contributed by atoms with Crippen molar-refractivity contribution in [2.75, 3.05) is 18.8 Å². The molecule has 2 atom stereocenters. The summed E-state index contributed by atoms with van der Waals surface area (Å²) in [4.78, 5) is 14.2. The largest absolute Gasteiger partial charge is 0.484 e. The summed E-state index contributed by atoms with van der Waals surface area (Å²) in [5.41, 5.74) is 5.70. The molecule has 0 aromatic heterocycles. The third kappa shape index (κ3) is 6.09. The van der Waals surface area contributed by atoms with Gasteiger partial charge in [0.1, 0.15) is 29.4 Å². The van der Waals surface area contributed by atoms with E-state index in [1.165, 1.54) is 18.2 Å². The van der Waals surface area contributed by atoms with Crippen LogP contribution in [0.15, 0.2) is 18.2 Å². The van der Waals surface area contributed by atoms with Crippen LogP contribution in [-0.2, 0) is 9.16 Å². The van der Waals surface area contributed by atoms with E-state index in [-0.39, 0.29) is 23.4 Å². The quantitative estimate of drug-likeness (QED) is 0.553. The van der Waals surface area contributed by atoms with E-state index < -0.39 is 31.9 Å². The monoisotopic (exact) mass is 426 g/mol. The van der Waals surface area contributed by atoms with Crippen molar-refractivity contribution in [3.63, 3.8) is 0 Å². The maximum absolute atomic E-state index is 13.7. The Morgan fingerprint density at radius 2 is 1.72 bits per heavy atom. The molecule has 6 nitrogen and oxygen atoms in total. The third-order valence-corrected chi connectivity index (χ3v) is 9.88. The van der Waals surface area contributed by atoms with Gasteiger partial charge in [-0.3, -0.25) is 0 Å². The molecule has 2 rings (SSSR count). The molecular weight excluding hydrogens is 391 g/mol. The number of amides is 1.